The van der Waals surface area contributed by atoms with E-state index in [-0.39, 0.29) is 5.41 Å². The number of nitrogens with one attached hydrogen (secondary N) is 2. The molecule has 0 aliphatic rings. The Labute approximate surface area is 114 Å². The second-order valence-electron chi connectivity index (χ2n) is 5.45. The summed E-state index contributed by atoms with van der Waals surface area (Å²) in [7, 11) is 0. The van der Waals surface area contributed by atoms with E-state index in [2.05, 4.69) is 60.9 Å². The number of rotatable bonds is 5. The third-order valence-electron chi connectivity index (χ3n) is 2.64. The standard InChI is InChI=1S/C13H24N4S/c1-10(2)8-15-12(17-14)16-9-13(3,4)11-6-5-7-18-11/h5-7,10H,8-9,14H2,1-4H3,(H2,15,16,17). The fraction of sp³-hybridized carbons (Fsp3) is 0.615. The Balaban J connectivity index is 2.59. The molecule has 0 spiro atoms. The molecule has 1 rings (SSSR count). The van der Waals surface area contributed by atoms with E-state index in [1.165, 1.54) is 4.88 Å². The minimum absolute atomic E-state index is 0.0375. The molecule has 102 valence electrons. The minimum atomic E-state index is 0.0375. The zero-order valence-electron chi connectivity index (χ0n) is 11.7. The van der Waals surface area contributed by atoms with Gasteiger partial charge in [-0.1, -0.05) is 33.8 Å². The molecule has 0 unspecified atom stereocenters. The molecule has 5 heteroatoms. The van der Waals surface area contributed by atoms with Crippen molar-refractivity contribution in [1.29, 1.82) is 0 Å². The van der Waals surface area contributed by atoms with Gasteiger partial charge in [0.15, 0.2) is 0 Å². The Morgan fingerprint density at radius 3 is 2.72 bits per heavy atom. The molecule has 0 aliphatic carbocycles. The van der Waals surface area contributed by atoms with Gasteiger partial charge in [0.25, 0.3) is 0 Å². The van der Waals surface area contributed by atoms with Crippen molar-refractivity contribution < 1.29 is 0 Å². The van der Waals surface area contributed by atoms with Crippen LogP contribution in [0.4, 0.5) is 0 Å². The molecule has 18 heavy (non-hydrogen) atoms. The highest BCUT2D eigenvalue weighted by atomic mass is 32.1. The van der Waals surface area contributed by atoms with Crippen LogP contribution in [-0.4, -0.2) is 19.0 Å². The zero-order valence-corrected chi connectivity index (χ0v) is 12.5. The molecular formula is C13H24N4S. The van der Waals surface area contributed by atoms with Crippen molar-refractivity contribution in [1.82, 2.24) is 10.7 Å². The number of nitrogens with zero attached hydrogens (tertiary/aromatic N) is 1. The van der Waals surface area contributed by atoms with E-state index < -0.39 is 0 Å². The number of hydrogen-bond acceptors (Lipinski definition) is 3. The Morgan fingerprint density at radius 1 is 1.50 bits per heavy atom. The van der Waals surface area contributed by atoms with Gasteiger partial charge in [0, 0.05) is 16.8 Å². The van der Waals surface area contributed by atoms with Crippen molar-refractivity contribution in [2.45, 2.75) is 33.1 Å². The molecule has 0 radical (unpaired) electrons. The van der Waals surface area contributed by atoms with Crippen LogP contribution in [-0.2, 0) is 5.41 Å². The van der Waals surface area contributed by atoms with E-state index in [0.29, 0.717) is 18.4 Å². The third-order valence-corrected chi connectivity index (χ3v) is 3.87. The van der Waals surface area contributed by atoms with Crippen molar-refractivity contribution in [3.8, 4) is 0 Å². The maximum atomic E-state index is 5.47. The molecule has 1 aromatic heterocycles. The number of hydrazine groups is 1. The van der Waals surface area contributed by atoms with Gasteiger partial charge in [-0.15, -0.1) is 11.3 Å². The fourth-order valence-electron chi connectivity index (χ4n) is 1.47. The summed E-state index contributed by atoms with van der Waals surface area (Å²) in [5.41, 5.74) is 2.66. The number of thiophene rings is 1. The van der Waals surface area contributed by atoms with Crippen molar-refractivity contribution in [3.05, 3.63) is 22.4 Å². The van der Waals surface area contributed by atoms with Gasteiger partial charge < -0.3 is 5.32 Å². The molecule has 0 atom stereocenters. The first kappa shape index (κ1) is 15.0. The average molecular weight is 268 g/mol. The zero-order chi connectivity index (χ0) is 13.6. The SMILES string of the molecule is CC(C)CNC(=NCC(C)(C)c1cccs1)NN. The minimum Gasteiger partial charge on any atom is -0.355 e. The summed E-state index contributed by atoms with van der Waals surface area (Å²) in [6, 6.07) is 4.22. The molecule has 1 heterocycles. The highest BCUT2D eigenvalue weighted by Crippen LogP contribution is 2.27. The molecule has 0 aromatic carbocycles. The van der Waals surface area contributed by atoms with Crippen molar-refractivity contribution >= 4 is 17.3 Å². The lowest BCUT2D eigenvalue weighted by Crippen LogP contribution is -2.43. The molecular weight excluding hydrogens is 244 g/mol. The molecule has 0 bridgehead atoms. The summed E-state index contributed by atoms with van der Waals surface area (Å²) >= 11 is 1.77. The highest BCUT2D eigenvalue weighted by Gasteiger charge is 2.21. The first-order valence-electron chi connectivity index (χ1n) is 6.24. The normalized spacial score (nSPS) is 12.9. The Kier molecular flexibility index (Phi) is 5.62. The summed E-state index contributed by atoms with van der Waals surface area (Å²) in [5, 5.41) is 5.30. The van der Waals surface area contributed by atoms with E-state index in [1.54, 1.807) is 11.3 Å². The number of hydrogen-bond donors (Lipinski definition) is 3. The molecule has 0 saturated heterocycles. The summed E-state index contributed by atoms with van der Waals surface area (Å²) in [5.74, 6) is 6.69. The molecule has 0 saturated carbocycles. The summed E-state index contributed by atoms with van der Waals surface area (Å²) in [6.07, 6.45) is 0. The van der Waals surface area contributed by atoms with Crippen molar-refractivity contribution in [2.75, 3.05) is 13.1 Å². The highest BCUT2D eigenvalue weighted by molar-refractivity contribution is 7.10. The van der Waals surface area contributed by atoms with Crippen LogP contribution in [0, 0.1) is 5.92 Å². The van der Waals surface area contributed by atoms with Crippen LogP contribution in [0.2, 0.25) is 0 Å². The maximum Gasteiger partial charge on any atom is 0.205 e. The Bertz CT molecular complexity index is 368. The van der Waals surface area contributed by atoms with Crippen molar-refractivity contribution in [2.24, 2.45) is 16.8 Å². The van der Waals surface area contributed by atoms with Crippen LogP contribution in [0.25, 0.3) is 0 Å². The first-order chi connectivity index (χ1) is 8.45. The van der Waals surface area contributed by atoms with E-state index in [1.807, 2.05) is 0 Å². The van der Waals surface area contributed by atoms with Crippen LogP contribution in [0.3, 0.4) is 0 Å². The number of nitrogens with two attached hydrogens (primary N) is 1. The lowest BCUT2D eigenvalue weighted by atomic mass is 9.92. The van der Waals surface area contributed by atoms with E-state index >= 15 is 0 Å². The lowest BCUT2D eigenvalue weighted by Gasteiger charge is -2.21. The molecule has 4 nitrogen and oxygen atoms in total. The largest absolute Gasteiger partial charge is 0.355 e. The second-order valence-corrected chi connectivity index (χ2v) is 6.39. The quantitative estimate of drug-likeness (QED) is 0.332. The van der Waals surface area contributed by atoms with Crippen LogP contribution in [0.15, 0.2) is 22.5 Å². The molecule has 0 fully saturated rings. The average Bonchev–Trinajstić information content (AvgIpc) is 2.83. The smallest absolute Gasteiger partial charge is 0.205 e. The van der Waals surface area contributed by atoms with Gasteiger partial charge in [0.05, 0.1) is 6.54 Å². The van der Waals surface area contributed by atoms with E-state index in [4.69, 9.17) is 5.84 Å². The van der Waals surface area contributed by atoms with Gasteiger partial charge in [-0.2, -0.15) is 0 Å². The second kappa shape index (κ2) is 6.75. The number of aliphatic imine (C=N–C) groups is 1. The Hall–Kier alpha value is -1.07. The van der Waals surface area contributed by atoms with Crippen molar-refractivity contribution in [3.63, 3.8) is 0 Å². The van der Waals surface area contributed by atoms with Gasteiger partial charge in [-0.25, -0.2) is 5.84 Å². The van der Waals surface area contributed by atoms with Gasteiger partial charge in [-0.05, 0) is 17.4 Å². The topological polar surface area (TPSA) is 62.4 Å². The Morgan fingerprint density at radius 2 is 2.22 bits per heavy atom. The third kappa shape index (κ3) is 4.66. The van der Waals surface area contributed by atoms with Crippen LogP contribution >= 0.6 is 11.3 Å². The van der Waals surface area contributed by atoms with Gasteiger partial charge in [0.1, 0.15) is 0 Å². The van der Waals surface area contributed by atoms with Crippen LogP contribution in [0.1, 0.15) is 32.6 Å². The first-order valence-corrected chi connectivity index (χ1v) is 7.12. The van der Waals surface area contributed by atoms with Crippen LogP contribution < -0.4 is 16.6 Å². The van der Waals surface area contributed by atoms with Crippen LogP contribution in [0.5, 0.6) is 0 Å². The van der Waals surface area contributed by atoms with E-state index in [0.717, 1.165) is 6.54 Å². The fourth-order valence-corrected chi connectivity index (χ4v) is 2.32. The molecule has 0 aliphatic heterocycles. The maximum absolute atomic E-state index is 5.47. The molecule has 1 aromatic rings. The monoisotopic (exact) mass is 268 g/mol. The summed E-state index contributed by atoms with van der Waals surface area (Å²) in [4.78, 5) is 5.86. The lowest BCUT2D eigenvalue weighted by molar-refractivity contribution is 0.546. The molecule has 0 amide bonds. The van der Waals surface area contributed by atoms with Gasteiger partial charge >= 0.3 is 0 Å². The predicted molar refractivity (Wildman–Crippen MR) is 79.8 cm³/mol. The predicted octanol–water partition coefficient (Wildman–Crippen LogP) is 2.09. The van der Waals surface area contributed by atoms with Gasteiger partial charge in [-0.3, -0.25) is 10.4 Å². The van der Waals surface area contributed by atoms with Gasteiger partial charge in [0.2, 0.25) is 5.96 Å². The molecule has 4 N–H and O–H groups in total. The summed E-state index contributed by atoms with van der Waals surface area (Å²) in [6.45, 7) is 10.3. The van der Waals surface area contributed by atoms with E-state index in [9.17, 15) is 0 Å². The number of guanidine groups is 1. The summed E-state index contributed by atoms with van der Waals surface area (Å²) < 4.78 is 0.